The first-order valence-corrected chi connectivity index (χ1v) is 16.3. The summed E-state index contributed by atoms with van der Waals surface area (Å²) >= 11 is 5.99. The second-order valence-corrected chi connectivity index (χ2v) is 12.2. The minimum atomic E-state index is -3.53. The van der Waals surface area contributed by atoms with Gasteiger partial charge in [-0.1, -0.05) is 72.8 Å². The number of para-hydroxylation sites is 3. The molecule has 0 aliphatic carbocycles. The third-order valence-corrected chi connectivity index (χ3v) is 7.98. The molecule has 0 aromatic heterocycles. The Bertz CT molecular complexity index is 1640. The third kappa shape index (κ3) is 8.19. The van der Waals surface area contributed by atoms with Crippen LogP contribution in [0, 0.1) is 0 Å². The molecule has 0 unspecified atom stereocenters. The molecule has 0 aliphatic heterocycles. The second kappa shape index (κ2) is 13.8. The van der Waals surface area contributed by atoms with E-state index in [1.54, 1.807) is 36.4 Å². The lowest BCUT2D eigenvalue weighted by atomic mass is 10.3. The van der Waals surface area contributed by atoms with Crippen LogP contribution in [0.2, 0.25) is 0 Å². The van der Waals surface area contributed by atoms with Gasteiger partial charge in [0.25, 0.3) is 0 Å². The average molecular weight is 619 g/mol. The van der Waals surface area contributed by atoms with Gasteiger partial charge in [0.05, 0.1) is 0 Å². The Morgan fingerprint density at radius 3 is 0.841 bits per heavy atom. The lowest BCUT2D eigenvalue weighted by Crippen LogP contribution is -2.07. The zero-order chi connectivity index (χ0) is 30.0. The molecule has 0 bridgehead atoms. The summed E-state index contributed by atoms with van der Waals surface area (Å²) in [5, 5.41) is 0. The molecule has 6 rings (SSSR count). The highest BCUT2D eigenvalue weighted by Crippen LogP contribution is 2.51. The first-order chi connectivity index (χ1) is 21.6. The van der Waals surface area contributed by atoms with Crippen molar-refractivity contribution in [2.45, 2.75) is 0 Å². The summed E-state index contributed by atoms with van der Waals surface area (Å²) in [4.78, 5) is 0. The average Bonchev–Trinajstić information content (AvgIpc) is 3.03. The summed E-state index contributed by atoms with van der Waals surface area (Å²) in [5.74, 6) is 5.09. The molecule has 0 amide bonds. The van der Waals surface area contributed by atoms with Crippen LogP contribution in [0.1, 0.15) is 0 Å². The van der Waals surface area contributed by atoms with Crippen LogP contribution in [0.3, 0.4) is 0 Å². The zero-order valence-corrected chi connectivity index (χ0v) is 25.1. The van der Waals surface area contributed by atoms with Crippen molar-refractivity contribution >= 4 is 18.5 Å². The van der Waals surface area contributed by atoms with Crippen LogP contribution in [-0.4, -0.2) is 0 Å². The van der Waals surface area contributed by atoms with Gasteiger partial charge in [0.15, 0.2) is 0 Å². The van der Waals surface area contributed by atoms with E-state index in [1.165, 1.54) is 0 Å². The van der Waals surface area contributed by atoms with Crippen LogP contribution < -0.4 is 27.8 Å². The molecular weight excluding hydrogens is 591 g/mol. The van der Waals surface area contributed by atoms with Crippen molar-refractivity contribution in [1.82, 2.24) is 0 Å². The zero-order valence-electron chi connectivity index (χ0n) is 23.4. The highest BCUT2D eigenvalue weighted by Gasteiger charge is 2.28. The van der Waals surface area contributed by atoms with Gasteiger partial charge >= 0.3 is 6.72 Å². The fourth-order valence-corrected chi connectivity index (χ4v) is 6.10. The maximum absolute atomic E-state index is 6.32. The first kappa shape index (κ1) is 28.9. The van der Waals surface area contributed by atoms with E-state index in [0.717, 1.165) is 0 Å². The molecule has 6 aromatic rings. The summed E-state index contributed by atoms with van der Waals surface area (Å²) in [6, 6.07) is 49.9. The Morgan fingerprint density at radius 2 is 0.545 bits per heavy atom. The molecule has 0 heterocycles. The monoisotopic (exact) mass is 618 g/mol. The van der Waals surface area contributed by atoms with Crippen LogP contribution in [0.15, 0.2) is 164 Å². The predicted molar refractivity (Wildman–Crippen MR) is 175 cm³/mol. The van der Waals surface area contributed by atoms with Gasteiger partial charge in [0.1, 0.15) is 51.7 Å². The number of hydrogen-bond donors (Lipinski definition) is 0. The topological polar surface area (TPSA) is 55.4 Å². The van der Waals surface area contributed by atoms with Crippen LogP contribution in [0.25, 0.3) is 0 Å². The van der Waals surface area contributed by atoms with E-state index in [0.29, 0.717) is 51.7 Å². The van der Waals surface area contributed by atoms with E-state index in [9.17, 15) is 0 Å². The minimum Gasteiger partial charge on any atom is -0.457 e. The van der Waals surface area contributed by atoms with E-state index in [4.69, 9.17) is 39.6 Å². The minimum absolute atomic E-state index is 0.426. The maximum Gasteiger partial charge on any atom is 0.490 e. The van der Waals surface area contributed by atoms with Gasteiger partial charge in [-0.15, -0.1) is 0 Å². The molecule has 0 aliphatic rings. The standard InChI is InChI=1S/C36H27O6PS/c44-43(40-34-22-10-19-31(25-34)37-28-13-4-1-5-14-28,41-35-23-11-20-32(26-35)38-29-15-6-2-7-16-29)42-36-24-12-21-33(27-36)39-30-17-8-3-9-18-30/h1-27H. The molecule has 0 N–H and O–H groups in total. The lowest BCUT2D eigenvalue weighted by Gasteiger charge is -2.24. The van der Waals surface area contributed by atoms with Crippen molar-refractivity contribution in [3.05, 3.63) is 164 Å². The molecule has 6 nitrogen and oxygen atoms in total. The summed E-state index contributed by atoms with van der Waals surface area (Å²) < 4.78 is 37.0. The van der Waals surface area contributed by atoms with Crippen molar-refractivity contribution in [2.75, 3.05) is 0 Å². The van der Waals surface area contributed by atoms with Crippen LogP contribution in [0.5, 0.6) is 51.7 Å². The first-order valence-electron chi connectivity index (χ1n) is 13.8. The molecule has 218 valence electrons. The van der Waals surface area contributed by atoms with Gasteiger partial charge in [-0.05, 0) is 72.8 Å². The Morgan fingerprint density at radius 1 is 0.295 bits per heavy atom. The molecule has 0 radical (unpaired) electrons. The van der Waals surface area contributed by atoms with E-state index in [-0.39, 0.29) is 0 Å². The fourth-order valence-electron chi connectivity index (χ4n) is 4.10. The Labute approximate surface area is 261 Å². The van der Waals surface area contributed by atoms with Gasteiger partial charge in [0.2, 0.25) is 0 Å². The lowest BCUT2D eigenvalue weighted by molar-refractivity contribution is 0.380. The molecule has 8 heteroatoms. The number of benzene rings is 6. The molecule has 0 fully saturated rings. The normalized spacial score (nSPS) is 10.8. The third-order valence-electron chi connectivity index (χ3n) is 6.00. The van der Waals surface area contributed by atoms with E-state index in [2.05, 4.69) is 0 Å². The highest BCUT2D eigenvalue weighted by atomic mass is 32.5. The maximum atomic E-state index is 6.32. The largest absolute Gasteiger partial charge is 0.490 e. The van der Waals surface area contributed by atoms with E-state index in [1.807, 2.05) is 127 Å². The van der Waals surface area contributed by atoms with E-state index < -0.39 is 6.72 Å². The molecule has 0 saturated heterocycles. The van der Waals surface area contributed by atoms with Crippen LogP contribution in [-0.2, 0) is 11.8 Å². The Balaban J connectivity index is 1.27. The SMILES string of the molecule is S=P(Oc1cccc(Oc2ccccc2)c1)(Oc1cccc(Oc2ccccc2)c1)Oc1cccc(Oc2ccccc2)c1. The van der Waals surface area contributed by atoms with Gasteiger partial charge < -0.3 is 27.8 Å². The number of hydrogen-bond acceptors (Lipinski definition) is 7. The quantitative estimate of drug-likeness (QED) is 0.126. The molecule has 6 aromatic carbocycles. The molecule has 0 atom stereocenters. The summed E-state index contributed by atoms with van der Waals surface area (Å²) in [6.45, 7) is -3.53. The Kier molecular flexibility index (Phi) is 9.07. The van der Waals surface area contributed by atoms with Crippen molar-refractivity contribution in [1.29, 1.82) is 0 Å². The smallest absolute Gasteiger partial charge is 0.457 e. The summed E-state index contributed by atoms with van der Waals surface area (Å²) in [7, 11) is 0. The molecule has 0 spiro atoms. The van der Waals surface area contributed by atoms with Crippen molar-refractivity contribution < 1.29 is 27.8 Å². The predicted octanol–water partition coefficient (Wildman–Crippen LogP) is 10.8. The second-order valence-electron chi connectivity index (χ2n) is 9.39. The highest BCUT2D eigenvalue weighted by molar-refractivity contribution is 8.08. The van der Waals surface area contributed by atoms with Gasteiger partial charge in [-0.3, -0.25) is 0 Å². The number of ether oxygens (including phenoxy) is 3. The van der Waals surface area contributed by atoms with E-state index >= 15 is 0 Å². The summed E-state index contributed by atoms with van der Waals surface area (Å²) in [5.41, 5.74) is 0. The number of rotatable bonds is 12. The van der Waals surface area contributed by atoms with Gasteiger partial charge in [0, 0.05) is 30.0 Å². The molecular formula is C36H27O6PS. The Hall–Kier alpha value is -5.23. The van der Waals surface area contributed by atoms with Crippen molar-refractivity contribution in [3.8, 4) is 51.7 Å². The van der Waals surface area contributed by atoms with Gasteiger partial charge in [-0.25, -0.2) is 0 Å². The molecule has 0 saturated carbocycles. The van der Waals surface area contributed by atoms with Crippen LogP contribution in [0.4, 0.5) is 0 Å². The van der Waals surface area contributed by atoms with Crippen molar-refractivity contribution in [3.63, 3.8) is 0 Å². The van der Waals surface area contributed by atoms with Crippen LogP contribution >= 0.6 is 6.72 Å². The molecule has 44 heavy (non-hydrogen) atoms. The van der Waals surface area contributed by atoms with Crippen molar-refractivity contribution in [2.24, 2.45) is 0 Å². The fraction of sp³-hybridized carbons (Fsp3) is 0. The van der Waals surface area contributed by atoms with Gasteiger partial charge in [-0.2, -0.15) is 0 Å². The summed E-state index contributed by atoms with van der Waals surface area (Å²) in [6.07, 6.45) is 0.